The maximum Gasteiger partial charge on any atom is 0.247 e. The molecule has 0 radical (unpaired) electrons. The van der Waals surface area contributed by atoms with Gasteiger partial charge in [0.2, 0.25) is 5.69 Å². The van der Waals surface area contributed by atoms with E-state index < -0.39 is 0 Å². The van der Waals surface area contributed by atoms with Gasteiger partial charge in [0, 0.05) is 22.2 Å². The van der Waals surface area contributed by atoms with E-state index in [0.29, 0.717) is 26.4 Å². The number of nitrogen functional groups attached to an aromatic ring is 1. The lowest BCUT2D eigenvalue weighted by atomic mass is 9.99. The fraction of sp³-hybridized carbons (Fsp3) is 0. The van der Waals surface area contributed by atoms with Crippen molar-refractivity contribution in [1.29, 1.82) is 0 Å². The fourth-order valence-electron chi connectivity index (χ4n) is 2.39. The van der Waals surface area contributed by atoms with E-state index in [1.54, 1.807) is 48.5 Å². The Labute approximate surface area is 138 Å². The number of hydrogen-bond donors (Lipinski definition) is 1. The Balaban J connectivity index is 2.13. The van der Waals surface area contributed by atoms with Crippen LogP contribution < -0.4 is 10.5 Å². The van der Waals surface area contributed by atoms with Gasteiger partial charge in [0.05, 0.1) is 5.56 Å². The summed E-state index contributed by atoms with van der Waals surface area (Å²) in [5.41, 5.74) is 7.93. The summed E-state index contributed by atoms with van der Waals surface area (Å²) in [5.74, 6) is -0.223. The lowest BCUT2D eigenvalue weighted by molar-refractivity contribution is -0.593. The third kappa shape index (κ3) is 2.89. The second kappa shape index (κ2) is 6.10. The molecule has 0 amide bonds. The molecule has 0 atom stereocenters. The Morgan fingerprint density at radius 3 is 2.30 bits per heavy atom. The number of aromatic nitrogens is 1. The number of hydrogen-bond acceptors (Lipinski definition) is 3. The van der Waals surface area contributed by atoms with Gasteiger partial charge in [-0.15, -0.1) is 0 Å². The van der Waals surface area contributed by atoms with Crippen LogP contribution in [0.15, 0.2) is 66.9 Å². The number of benzene rings is 2. The number of nitrogens with two attached hydrogens (primary N) is 1. The molecule has 114 valence electrons. The summed E-state index contributed by atoms with van der Waals surface area (Å²) in [6.45, 7) is 0. The highest BCUT2D eigenvalue weighted by Gasteiger charge is 2.21. The SMILES string of the molecule is Nc1c(C(=O)c2ccccc2)cc[n+]([O-])c1-c1ccc(Cl)cc1. The molecule has 2 aromatic carbocycles. The van der Waals surface area contributed by atoms with Crippen LogP contribution in [0.4, 0.5) is 5.69 Å². The summed E-state index contributed by atoms with van der Waals surface area (Å²) >= 11 is 5.87. The van der Waals surface area contributed by atoms with E-state index in [4.69, 9.17) is 17.3 Å². The van der Waals surface area contributed by atoms with Crippen molar-refractivity contribution >= 4 is 23.1 Å². The topological polar surface area (TPSA) is 70.0 Å². The summed E-state index contributed by atoms with van der Waals surface area (Å²) < 4.78 is 0.653. The Morgan fingerprint density at radius 1 is 1.00 bits per heavy atom. The van der Waals surface area contributed by atoms with Crippen LogP contribution in [-0.4, -0.2) is 5.78 Å². The Kier molecular flexibility index (Phi) is 4.00. The van der Waals surface area contributed by atoms with E-state index >= 15 is 0 Å². The van der Waals surface area contributed by atoms with Gasteiger partial charge in [-0.1, -0.05) is 41.9 Å². The molecule has 0 spiro atoms. The molecular weight excluding hydrogens is 312 g/mol. The van der Waals surface area contributed by atoms with Crippen LogP contribution in [0.3, 0.4) is 0 Å². The van der Waals surface area contributed by atoms with Gasteiger partial charge >= 0.3 is 0 Å². The van der Waals surface area contributed by atoms with Crippen molar-refractivity contribution in [2.45, 2.75) is 0 Å². The maximum absolute atomic E-state index is 12.6. The first-order valence-electron chi connectivity index (χ1n) is 6.95. The molecule has 0 aliphatic heterocycles. The molecule has 0 unspecified atom stereocenters. The van der Waals surface area contributed by atoms with Crippen molar-refractivity contribution in [3.05, 3.63) is 88.2 Å². The van der Waals surface area contributed by atoms with E-state index in [9.17, 15) is 10.0 Å². The highest BCUT2D eigenvalue weighted by Crippen LogP contribution is 2.27. The van der Waals surface area contributed by atoms with Crippen LogP contribution in [0.1, 0.15) is 15.9 Å². The second-order valence-corrected chi connectivity index (χ2v) is 5.46. The lowest BCUT2D eigenvalue weighted by Crippen LogP contribution is -2.31. The van der Waals surface area contributed by atoms with Crippen LogP contribution in [0.25, 0.3) is 11.3 Å². The molecule has 3 rings (SSSR count). The molecule has 5 heteroatoms. The van der Waals surface area contributed by atoms with Crippen molar-refractivity contribution in [3.63, 3.8) is 0 Å². The van der Waals surface area contributed by atoms with Gasteiger partial charge in [0.25, 0.3) is 0 Å². The Morgan fingerprint density at radius 2 is 1.65 bits per heavy atom. The Hall–Kier alpha value is -2.85. The van der Waals surface area contributed by atoms with Gasteiger partial charge in [-0.05, 0) is 24.3 Å². The zero-order chi connectivity index (χ0) is 16.4. The molecule has 2 N–H and O–H groups in total. The van der Waals surface area contributed by atoms with Gasteiger partial charge < -0.3 is 10.9 Å². The molecule has 1 aromatic heterocycles. The standard InChI is InChI=1S/C18H13ClN2O2/c19-14-8-6-12(7-9-14)17-16(20)15(10-11-21(17)23)18(22)13-4-2-1-3-5-13/h1-11H,20H2. The number of ketones is 1. The van der Waals surface area contributed by atoms with Crippen molar-refractivity contribution in [2.24, 2.45) is 0 Å². The predicted molar refractivity (Wildman–Crippen MR) is 90.1 cm³/mol. The minimum absolute atomic E-state index is 0.152. The van der Waals surface area contributed by atoms with E-state index in [2.05, 4.69) is 0 Å². The molecule has 0 saturated carbocycles. The molecule has 0 fully saturated rings. The van der Waals surface area contributed by atoms with Crippen molar-refractivity contribution in [3.8, 4) is 11.3 Å². The zero-order valence-electron chi connectivity index (χ0n) is 12.1. The minimum atomic E-state index is -0.223. The largest absolute Gasteiger partial charge is 0.618 e. The highest BCUT2D eigenvalue weighted by atomic mass is 35.5. The van der Waals surface area contributed by atoms with E-state index in [-0.39, 0.29) is 17.2 Å². The third-order valence-corrected chi connectivity index (χ3v) is 3.79. The average molecular weight is 325 g/mol. The van der Waals surface area contributed by atoms with E-state index in [1.165, 1.54) is 12.3 Å². The van der Waals surface area contributed by atoms with Crippen LogP contribution in [-0.2, 0) is 0 Å². The fourth-order valence-corrected chi connectivity index (χ4v) is 2.51. The first-order chi connectivity index (χ1) is 11.1. The summed E-state index contributed by atoms with van der Waals surface area (Å²) in [6.07, 6.45) is 1.29. The monoisotopic (exact) mass is 324 g/mol. The molecule has 0 aliphatic rings. The van der Waals surface area contributed by atoms with Crippen molar-refractivity contribution in [2.75, 3.05) is 5.73 Å². The first kappa shape index (κ1) is 15.1. The van der Waals surface area contributed by atoms with Gasteiger partial charge in [-0.3, -0.25) is 4.79 Å². The molecule has 0 saturated heterocycles. The zero-order valence-corrected chi connectivity index (χ0v) is 12.8. The number of nitrogens with zero attached hydrogens (tertiary/aromatic N) is 1. The minimum Gasteiger partial charge on any atom is -0.618 e. The average Bonchev–Trinajstić information content (AvgIpc) is 2.57. The predicted octanol–water partition coefficient (Wildman–Crippen LogP) is 3.45. The number of rotatable bonds is 3. The molecule has 4 nitrogen and oxygen atoms in total. The quantitative estimate of drug-likeness (QED) is 0.455. The molecule has 0 bridgehead atoms. The lowest BCUT2D eigenvalue weighted by Gasteiger charge is -2.11. The van der Waals surface area contributed by atoms with Gasteiger partial charge in [0.15, 0.2) is 12.0 Å². The van der Waals surface area contributed by atoms with Crippen LogP contribution >= 0.6 is 11.6 Å². The summed E-state index contributed by atoms with van der Waals surface area (Å²) in [4.78, 5) is 12.6. The maximum atomic E-state index is 12.6. The van der Waals surface area contributed by atoms with Crippen molar-refractivity contribution < 1.29 is 9.52 Å². The molecule has 1 heterocycles. The number of carbonyl (C=O) groups excluding carboxylic acids is 1. The summed E-state index contributed by atoms with van der Waals surface area (Å²) in [5, 5.41) is 12.7. The normalized spacial score (nSPS) is 10.5. The van der Waals surface area contributed by atoms with Gasteiger partial charge in [-0.25, -0.2) is 0 Å². The number of halogens is 1. The van der Waals surface area contributed by atoms with E-state index in [1.807, 2.05) is 6.07 Å². The number of carbonyl (C=O) groups is 1. The summed E-state index contributed by atoms with van der Waals surface area (Å²) in [7, 11) is 0. The number of pyridine rings is 1. The van der Waals surface area contributed by atoms with Crippen LogP contribution in [0, 0.1) is 5.21 Å². The Bertz CT molecular complexity index is 862. The summed E-state index contributed by atoms with van der Waals surface area (Å²) in [6, 6.07) is 17.0. The van der Waals surface area contributed by atoms with Gasteiger partial charge in [-0.2, -0.15) is 4.73 Å². The molecule has 23 heavy (non-hydrogen) atoms. The highest BCUT2D eigenvalue weighted by molar-refractivity contribution is 6.30. The van der Waals surface area contributed by atoms with Gasteiger partial charge in [0.1, 0.15) is 5.69 Å². The number of anilines is 1. The van der Waals surface area contributed by atoms with Crippen LogP contribution in [0.2, 0.25) is 5.02 Å². The molecular formula is C18H13ClN2O2. The second-order valence-electron chi connectivity index (χ2n) is 5.02. The molecule has 3 aromatic rings. The first-order valence-corrected chi connectivity index (χ1v) is 7.33. The smallest absolute Gasteiger partial charge is 0.247 e. The van der Waals surface area contributed by atoms with Crippen LogP contribution in [0.5, 0.6) is 0 Å². The third-order valence-electron chi connectivity index (χ3n) is 3.54. The molecule has 0 aliphatic carbocycles. The van der Waals surface area contributed by atoms with E-state index in [0.717, 1.165) is 0 Å². The van der Waals surface area contributed by atoms with Crippen molar-refractivity contribution in [1.82, 2.24) is 0 Å².